The van der Waals surface area contributed by atoms with Gasteiger partial charge in [-0.2, -0.15) is 0 Å². The first-order valence-corrected chi connectivity index (χ1v) is 9.59. The third-order valence-electron chi connectivity index (χ3n) is 4.81. The lowest BCUT2D eigenvalue weighted by Gasteiger charge is -2.31. The summed E-state index contributed by atoms with van der Waals surface area (Å²) >= 11 is 0. The van der Waals surface area contributed by atoms with Crippen LogP contribution in [-0.2, 0) is 17.7 Å². The lowest BCUT2D eigenvalue weighted by Crippen LogP contribution is -2.40. The van der Waals surface area contributed by atoms with Crippen molar-refractivity contribution < 1.29 is 14.6 Å². The molecule has 2 aromatic carbocycles. The number of ether oxygens (including phenoxy) is 1. The largest absolute Gasteiger partial charge is 0.508 e. The van der Waals surface area contributed by atoms with E-state index >= 15 is 0 Å². The van der Waals surface area contributed by atoms with Gasteiger partial charge in [-0.15, -0.1) is 0 Å². The number of carbonyl (C=O) groups excluding carboxylic acids is 1. The Kier molecular flexibility index (Phi) is 6.85. The Hall–Kier alpha value is -2.37. The molecule has 0 radical (unpaired) electrons. The van der Waals surface area contributed by atoms with Gasteiger partial charge in [-0.1, -0.05) is 24.3 Å². The molecule has 3 rings (SSSR count). The highest BCUT2D eigenvalue weighted by atomic mass is 16.5. The van der Waals surface area contributed by atoms with E-state index in [9.17, 15) is 9.90 Å². The van der Waals surface area contributed by atoms with Gasteiger partial charge in [0.15, 0.2) is 0 Å². The Balaban J connectivity index is 1.41. The van der Waals surface area contributed by atoms with Crippen molar-refractivity contribution in [3.05, 3.63) is 65.2 Å². The zero-order chi connectivity index (χ0) is 19.1. The molecule has 2 N–H and O–H groups in total. The Labute approximate surface area is 161 Å². The summed E-state index contributed by atoms with van der Waals surface area (Å²) in [5, 5.41) is 12.3. The van der Waals surface area contributed by atoms with Crippen molar-refractivity contribution in [2.24, 2.45) is 0 Å². The van der Waals surface area contributed by atoms with E-state index in [1.54, 1.807) is 12.1 Å². The van der Waals surface area contributed by atoms with Crippen molar-refractivity contribution in [3.63, 3.8) is 0 Å². The number of hydrogen-bond donors (Lipinski definition) is 2. The van der Waals surface area contributed by atoms with Gasteiger partial charge in [-0.05, 0) is 55.2 Å². The smallest absolute Gasteiger partial charge is 0.251 e. The lowest BCUT2D eigenvalue weighted by molar-refractivity contribution is -0.0212. The summed E-state index contributed by atoms with van der Waals surface area (Å²) in [7, 11) is 0. The molecule has 0 aliphatic carbocycles. The molecule has 144 valence electrons. The number of aryl methyl sites for hydroxylation is 1. The molecule has 1 aliphatic rings. The summed E-state index contributed by atoms with van der Waals surface area (Å²) < 4.78 is 5.57. The van der Waals surface area contributed by atoms with Crippen LogP contribution in [0.15, 0.2) is 48.5 Å². The molecule has 2 aromatic rings. The monoisotopic (exact) mass is 368 g/mol. The van der Waals surface area contributed by atoms with Gasteiger partial charge in [-0.25, -0.2) is 0 Å². The lowest BCUT2D eigenvalue weighted by atomic mass is 10.1. The first-order valence-electron chi connectivity index (χ1n) is 9.59. The molecule has 1 saturated heterocycles. The number of hydrogen-bond acceptors (Lipinski definition) is 4. The Bertz CT molecular complexity index is 728. The number of nitrogens with one attached hydrogen (secondary N) is 1. The molecule has 1 heterocycles. The number of aromatic hydroxyl groups is 1. The second-order valence-electron chi connectivity index (χ2n) is 7.14. The fourth-order valence-electron chi connectivity index (χ4n) is 3.31. The van der Waals surface area contributed by atoms with E-state index in [1.807, 2.05) is 36.4 Å². The molecule has 1 fully saturated rings. The van der Waals surface area contributed by atoms with E-state index in [0.29, 0.717) is 12.1 Å². The summed E-state index contributed by atoms with van der Waals surface area (Å²) in [4.78, 5) is 14.7. The fraction of sp³-hybridized carbons (Fsp3) is 0.409. The van der Waals surface area contributed by atoms with Gasteiger partial charge in [0, 0.05) is 31.7 Å². The predicted molar refractivity (Wildman–Crippen MR) is 106 cm³/mol. The summed E-state index contributed by atoms with van der Waals surface area (Å²) in [6.07, 6.45) is 2.02. The predicted octanol–water partition coefficient (Wildman–Crippen LogP) is 2.98. The average Bonchev–Trinajstić information content (AvgIpc) is 2.67. The number of rotatable bonds is 7. The highest BCUT2D eigenvalue weighted by Gasteiger charge is 2.16. The molecule has 0 spiro atoms. The van der Waals surface area contributed by atoms with Crippen LogP contribution in [0.5, 0.6) is 5.75 Å². The number of phenolic OH excluding ortho intramolecular Hbond substituents is 1. The standard InChI is InChI=1S/C22H28N2O3/c1-17-15-24(13-14-27-17)16-19-4-8-20(9-5-19)22(26)23-12-2-3-18-6-10-21(25)11-7-18/h4-11,17,25H,2-3,12-16H2,1H3,(H,23,26). The summed E-state index contributed by atoms with van der Waals surface area (Å²) in [6.45, 7) is 6.30. The molecule has 0 aromatic heterocycles. The molecule has 1 unspecified atom stereocenters. The average molecular weight is 368 g/mol. The maximum Gasteiger partial charge on any atom is 0.251 e. The Morgan fingerprint density at radius 1 is 1.15 bits per heavy atom. The van der Waals surface area contributed by atoms with Crippen molar-refractivity contribution in [1.82, 2.24) is 10.2 Å². The Morgan fingerprint density at radius 2 is 1.85 bits per heavy atom. The van der Waals surface area contributed by atoms with Gasteiger partial charge in [0.1, 0.15) is 5.75 Å². The molecule has 5 nitrogen and oxygen atoms in total. The van der Waals surface area contributed by atoms with E-state index < -0.39 is 0 Å². The van der Waals surface area contributed by atoms with Gasteiger partial charge < -0.3 is 15.2 Å². The minimum Gasteiger partial charge on any atom is -0.508 e. The van der Waals surface area contributed by atoms with Crippen LogP contribution >= 0.6 is 0 Å². The third-order valence-corrected chi connectivity index (χ3v) is 4.81. The molecule has 0 saturated carbocycles. The van der Waals surface area contributed by atoms with Gasteiger partial charge in [0.05, 0.1) is 12.7 Å². The van der Waals surface area contributed by atoms with Crippen LogP contribution in [0.1, 0.15) is 34.8 Å². The van der Waals surface area contributed by atoms with Crippen LogP contribution in [0, 0.1) is 0 Å². The van der Waals surface area contributed by atoms with Crippen LogP contribution in [0.2, 0.25) is 0 Å². The van der Waals surface area contributed by atoms with E-state index in [4.69, 9.17) is 4.74 Å². The minimum atomic E-state index is -0.0350. The Morgan fingerprint density at radius 3 is 2.56 bits per heavy atom. The molecular weight excluding hydrogens is 340 g/mol. The number of benzene rings is 2. The molecule has 5 heteroatoms. The van der Waals surface area contributed by atoms with Gasteiger partial charge >= 0.3 is 0 Å². The maximum atomic E-state index is 12.3. The van der Waals surface area contributed by atoms with Crippen LogP contribution in [-0.4, -0.2) is 48.3 Å². The number of amides is 1. The molecule has 27 heavy (non-hydrogen) atoms. The quantitative estimate of drug-likeness (QED) is 0.738. The fourth-order valence-corrected chi connectivity index (χ4v) is 3.31. The van der Waals surface area contributed by atoms with Gasteiger partial charge in [0.25, 0.3) is 5.91 Å². The second-order valence-corrected chi connectivity index (χ2v) is 7.14. The SMILES string of the molecule is CC1CN(Cc2ccc(C(=O)NCCCc3ccc(O)cc3)cc2)CCO1. The number of carbonyl (C=O) groups is 1. The van der Waals surface area contributed by atoms with Crippen molar-refractivity contribution in [2.75, 3.05) is 26.2 Å². The highest BCUT2D eigenvalue weighted by molar-refractivity contribution is 5.94. The summed E-state index contributed by atoms with van der Waals surface area (Å²) in [5.41, 5.74) is 3.07. The molecule has 1 amide bonds. The van der Waals surface area contributed by atoms with E-state index in [0.717, 1.165) is 44.6 Å². The van der Waals surface area contributed by atoms with Crippen LogP contribution in [0.3, 0.4) is 0 Å². The minimum absolute atomic E-state index is 0.0350. The molecule has 1 aliphatic heterocycles. The topological polar surface area (TPSA) is 61.8 Å². The molecule has 0 bridgehead atoms. The van der Waals surface area contributed by atoms with Crippen molar-refractivity contribution in [3.8, 4) is 5.75 Å². The van der Waals surface area contributed by atoms with Gasteiger partial charge in [0.2, 0.25) is 0 Å². The van der Waals surface area contributed by atoms with Crippen LogP contribution < -0.4 is 5.32 Å². The third kappa shape index (κ3) is 6.08. The van der Waals surface area contributed by atoms with Gasteiger partial charge in [-0.3, -0.25) is 9.69 Å². The highest BCUT2D eigenvalue weighted by Crippen LogP contribution is 2.12. The second kappa shape index (κ2) is 9.53. The van der Waals surface area contributed by atoms with Crippen molar-refractivity contribution in [2.45, 2.75) is 32.4 Å². The van der Waals surface area contributed by atoms with Crippen LogP contribution in [0.4, 0.5) is 0 Å². The molecular formula is C22H28N2O3. The first kappa shape index (κ1) is 19.4. The van der Waals surface area contributed by atoms with Crippen molar-refractivity contribution in [1.29, 1.82) is 0 Å². The van der Waals surface area contributed by atoms with E-state index in [1.165, 1.54) is 5.56 Å². The molecule has 1 atom stereocenters. The van der Waals surface area contributed by atoms with E-state index in [2.05, 4.69) is 17.1 Å². The number of morpholine rings is 1. The first-order chi connectivity index (χ1) is 13.1. The zero-order valence-corrected chi connectivity index (χ0v) is 15.9. The number of nitrogens with zero attached hydrogens (tertiary/aromatic N) is 1. The summed E-state index contributed by atoms with van der Waals surface area (Å²) in [5.74, 6) is 0.242. The number of phenols is 1. The van der Waals surface area contributed by atoms with E-state index in [-0.39, 0.29) is 17.8 Å². The normalized spacial score (nSPS) is 17.6. The maximum absolute atomic E-state index is 12.3. The van der Waals surface area contributed by atoms with Crippen molar-refractivity contribution >= 4 is 5.91 Å². The zero-order valence-electron chi connectivity index (χ0n) is 15.9. The summed E-state index contributed by atoms with van der Waals surface area (Å²) in [6, 6.07) is 15.1. The van der Waals surface area contributed by atoms with Crippen LogP contribution in [0.25, 0.3) is 0 Å².